The highest BCUT2D eigenvalue weighted by molar-refractivity contribution is 6.74. The lowest BCUT2D eigenvalue weighted by Gasteiger charge is -2.36. The fourth-order valence-corrected chi connectivity index (χ4v) is 3.48. The van der Waals surface area contributed by atoms with Crippen LogP contribution in [0, 0.1) is 5.92 Å². The molecule has 1 aromatic rings. The minimum absolute atomic E-state index is 0.273. The predicted octanol–water partition coefficient (Wildman–Crippen LogP) is 6.21. The lowest BCUT2D eigenvalue weighted by Crippen LogP contribution is -2.41. The Morgan fingerprint density at radius 2 is 1.77 bits per heavy atom. The highest BCUT2D eigenvalue weighted by Gasteiger charge is 2.36. The van der Waals surface area contributed by atoms with Crippen LogP contribution in [0.15, 0.2) is 36.4 Å². The average molecular weight is 379 g/mol. The summed E-state index contributed by atoms with van der Waals surface area (Å²) in [6.07, 6.45) is 2.06. The maximum absolute atomic E-state index is 6.27. The van der Waals surface area contributed by atoms with Gasteiger partial charge in [-0.3, -0.25) is 0 Å². The molecule has 0 aliphatic rings. The van der Waals surface area contributed by atoms with E-state index < -0.39 is 8.32 Å². The second-order valence-electron chi connectivity index (χ2n) is 8.80. The van der Waals surface area contributed by atoms with Crippen molar-refractivity contribution in [3.63, 3.8) is 0 Å². The third-order valence-corrected chi connectivity index (χ3v) is 9.79. The van der Waals surface area contributed by atoms with Gasteiger partial charge in [-0.25, -0.2) is 0 Å². The topological polar surface area (TPSA) is 27.7 Å². The second-order valence-corrected chi connectivity index (χ2v) is 13.6. The van der Waals surface area contributed by atoms with Gasteiger partial charge in [0.25, 0.3) is 0 Å². The Morgan fingerprint density at radius 1 is 1.15 bits per heavy atom. The summed E-state index contributed by atoms with van der Waals surface area (Å²) in [5.74, 6) is 1.43. The zero-order valence-electron chi connectivity index (χ0n) is 17.9. The summed E-state index contributed by atoms with van der Waals surface area (Å²) < 4.78 is 17.2. The lowest BCUT2D eigenvalue weighted by atomic mass is 10.00. The Hall–Kier alpha value is -1.10. The van der Waals surface area contributed by atoms with Gasteiger partial charge >= 0.3 is 0 Å². The van der Waals surface area contributed by atoms with Crippen LogP contribution in [0.2, 0.25) is 18.1 Å². The molecule has 0 spiro atoms. The fourth-order valence-electron chi connectivity index (χ4n) is 2.42. The largest absolute Gasteiger partial charge is 0.497 e. The first kappa shape index (κ1) is 22.9. The van der Waals surface area contributed by atoms with Crippen LogP contribution in [0.4, 0.5) is 0 Å². The molecule has 1 atom stereocenters. The molecule has 26 heavy (non-hydrogen) atoms. The van der Waals surface area contributed by atoms with Gasteiger partial charge < -0.3 is 13.9 Å². The molecule has 0 aliphatic carbocycles. The van der Waals surface area contributed by atoms with Crippen molar-refractivity contribution in [1.82, 2.24) is 0 Å². The SMILES string of the molecule is C=C(COCc1ccc(OC)cc1)C[C@@H](C)CCO[Si](C)(C)C(C)(C)C. The molecule has 0 aromatic heterocycles. The van der Waals surface area contributed by atoms with Crippen LogP contribution >= 0.6 is 0 Å². The monoisotopic (exact) mass is 378 g/mol. The molecule has 0 radical (unpaired) electrons. The molecule has 0 amide bonds. The van der Waals surface area contributed by atoms with E-state index in [1.807, 2.05) is 24.3 Å². The van der Waals surface area contributed by atoms with Crippen LogP contribution in [0.1, 0.15) is 46.1 Å². The molecule has 0 N–H and O–H groups in total. The van der Waals surface area contributed by atoms with E-state index >= 15 is 0 Å². The maximum Gasteiger partial charge on any atom is 0.191 e. The molecule has 148 valence electrons. The second kappa shape index (κ2) is 10.3. The number of rotatable bonds is 11. The normalized spacial score (nSPS) is 13.5. The molecule has 0 unspecified atom stereocenters. The van der Waals surface area contributed by atoms with Crippen LogP contribution in [-0.2, 0) is 15.8 Å². The van der Waals surface area contributed by atoms with Gasteiger partial charge in [-0.1, -0.05) is 52.0 Å². The number of hydrogen-bond acceptors (Lipinski definition) is 3. The molecule has 4 heteroatoms. The van der Waals surface area contributed by atoms with Crippen molar-refractivity contribution in [2.45, 2.75) is 65.3 Å². The van der Waals surface area contributed by atoms with Crippen molar-refractivity contribution < 1.29 is 13.9 Å². The summed E-state index contributed by atoms with van der Waals surface area (Å²) >= 11 is 0. The highest BCUT2D eigenvalue weighted by atomic mass is 28.4. The van der Waals surface area contributed by atoms with E-state index in [2.05, 4.69) is 47.4 Å². The quantitative estimate of drug-likeness (QED) is 0.338. The average Bonchev–Trinajstić information content (AvgIpc) is 2.54. The molecular formula is C22H38O3Si. The first-order valence-corrected chi connectivity index (χ1v) is 12.5. The number of ether oxygens (including phenoxy) is 2. The van der Waals surface area contributed by atoms with Crippen molar-refractivity contribution in [1.29, 1.82) is 0 Å². The maximum atomic E-state index is 6.27. The highest BCUT2D eigenvalue weighted by Crippen LogP contribution is 2.36. The standard InChI is InChI=1S/C22H38O3Si/c1-18(13-14-25-26(7,8)22(3,4)5)15-19(2)16-24-17-20-9-11-21(23-6)12-10-20/h9-12,18H,2,13-17H2,1,3-8H3/t18-/m0/s1. The summed E-state index contributed by atoms with van der Waals surface area (Å²) in [5, 5.41) is 0.273. The van der Waals surface area contributed by atoms with E-state index in [0.717, 1.165) is 36.3 Å². The Labute approximate surface area is 161 Å². The summed E-state index contributed by atoms with van der Waals surface area (Å²) in [4.78, 5) is 0. The number of benzene rings is 1. The van der Waals surface area contributed by atoms with E-state index in [1.54, 1.807) is 7.11 Å². The third-order valence-electron chi connectivity index (χ3n) is 5.25. The van der Waals surface area contributed by atoms with Crippen LogP contribution < -0.4 is 4.74 Å². The minimum atomic E-state index is -1.63. The molecule has 0 aliphatic heterocycles. The Bertz CT molecular complexity index is 544. The predicted molar refractivity (Wildman–Crippen MR) is 113 cm³/mol. The van der Waals surface area contributed by atoms with Crippen molar-refractivity contribution in [2.24, 2.45) is 5.92 Å². The van der Waals surface area contributed by atoms with E-state index in [4.69, 9.17) is 13.9 Å². The van der Waals surface area contributed by atoms with E-state index in [-0.39, 0.29) is 5.04 Å². The third kappa shape index (κ3) is 8.06. The summed E-state index contributed by atoms with van der Waals surface area (Å²) in [6.45, 7) is 20.0. The first-order chi connectivity index (χ1) is 12.0. The van der Waals surface area contributed by atoms with Crippen molar-refractivity contribution in [3.05, 3.63) is 42.0 Å². The molecule has 1 rings (SSSR count). The number of methoxy groups -OCH3 is 1. The van der Waals surface area contributed by atoms with Crippen molar-refractivity contribution in [2.75, 3.05) is 20.3 Å². The fraction of sp³-hybridized carbons (Fsp3) is 0.636. The van der Waals surface area contributed by atoms with Crippen molar-refractivity contribution in [3.8, 4) is 5.75 Å². The molecule has 0 saturated heterocycles. The van der Waals surface area contributed by atoms with Gasteiger partial charge in [-0.15, -0.1) is 0 Å². The molecular weight excluding hydrogens is 340 g/mol. The first-order valence-electron chi connectivity index (χ1n) is 9.56. The molecule has 3 nitrogen and oxygen atoms in total. The Kier molecular flexibility index (Phi) is 9.08. The molecule has 0 bridgehead atoms. The lowest BCUT2D eigenvalue weighted by molar-refractivity contribution is 0.138. The zero-order valence-corrected chi connectivity index (χ0v) is 18.9. The van der Waals surface area contributed by atoms with Crippen molar-refractivity contribution >= 4 is 8.32 Å². The van der Waals surface area contributed by atoms with Crippen LogP contribution in [0.3, 0.4) is 0 Å². The van der Waals surface area contributed by atoms with Gasteiger partial charge in [-0.2, -0.15) is 0 Å². The number of hydrogen-bond donors (Lipinski definition) is 0. The van der Waals surface area contributed by atoms with Gasteiger partial charge in [0.2, 0.25) is 0 Å². The smallest absolute Gasteiger partial charge is 0.191 e. The van der Waals surface area contributed by atoms with E-state index in [9.17, 15) is 0 Å². The minimum Gasteiger partial charge on any atom is -0.497 e. The summed E-state index contributed by atoms with van der Waals surface area (Å²) in [7, 11) is 0.0415. The van der Waals surface area contributed by atoms with Gasteiger partial charge in [0, 0.05) is 6.61 Å². The van der Waals surface area contributed by atoms with Crippen LogP contribution in [0.5, 0.6) is 5.75 Å². The van der Waals surface area contributed by atoms with Gasteiger partial charge in [0.1, 0.15) is 5.75 Å². The van der Waals surface area contributed by atoms with Gasteiger partial charge in [0.05, 0.1) is 20.3 Å². The van der Waals surface area contributed by atoms with Crippen LogP contribution in [-0.4, -0.2) is 28.6 Å². The molecule has 0 fully saturated rings. The van der Waals surface area contributed by atoms with E-state index in [0.29, 0.717) is 19.1 Å². The Balaban J connectivity index is 2.23. The molecule has 0 heterocycles. The molecule has 0 saturated carbocycles. The van der Waals surface area contributed by atoms with Gasteiger partial charge in [0.15, 0.2) is 8.32 Å². The zero-order chi connectivity index (χ0) is 19.8. The van der Waals surface area contributed by atoms with Crippen LogP contribution in [0.25, 0.3) is 0 Å². The summed E-state index contributed by atoms with van der Waals surface area (Å²) in [5.41, 5.74) is 2.30. The van der Waals surface area contributed by atoms with E-state index in [1.165, 1.54) is 0 Å². The Morgan fingerprint density at radius 3 is 2.31 bits per heavy atom. The summed E-state index contributed by atoms with van der Waals surface area (Å²) in [6, 6.07) is 7.97. The molecule has 1 aromatic carbocycles. The van der Waals surface area contributed by atoms with Gasteiger partial charge in [-0.05, 0) is 54.6 Å².